The summed E-state index contributed by atoms with van der Waals surface area (Å²) in [6.07, 6.45) is 7.88. The summed E-state index contributed by atoms with van der Waals surface area (Å²) in [4.78, 5) is 0. The Morgan fingerprint density at radius 3 is 2.62 bits per heavy atom. The van der Waals surface area contributed by atoms with Crippen molar-refractivity contribution in [3.63, 3.8) is 0 Å². The average Bonchev–Trinajstić information content (AvgIpc) is 2.19. The fourth-order valence-electron chi connectivity index (χ4n) is 2.34. The van der Waals surface area contributed by atoms with E-state index in [1.54, 1.807) is 0 Å². The average molecular weight is 201 g/mol. The van der Waals surface area contributed by atoms with Crippen LogP contribution in [0, 0.1) is 5.92 Å². The molecule has 0 amide bonds. The summed E-state index contributed by atoms with van der Waals surface area (Å²) in [6, 6.07) is 0.780. The molecule has 1 aliphatic rings. The largest absolute Gasteiger partial charge is 0.313 e. The zero-order chi connectivity index (χ0) is 9.68. The third-order valence-corrected chi connectivity index (χ3v) is 4.37. The molecule has 0 spiro atoms. The van der Waals surface area contributed by atoms with Crippen LogP contribution in [0.2, 0.25) is 0 Å². The van der Waals surface area contributed by atoms with Gasteiger partial charge in [-0.05, 0) is 38.0 Å². The van der Waals surface area contributed by atoms with Gasteiger partial charge in [0.05, 0.1) is 0 Å². The third-order valence-electron chi connectivity index (χ3n) is 3.25. The SMILES string of the molecule is CCNC1CCC(CC)CC1SC. The van der Waals surface area contributed by atoms with Crippen LogP contribution >= 0.6 is 11.8 Å². The minimum absolute atomic E-state index is 0.780. The highest BCUT2D eigenvalue weighted by molar-refractivity contribution is 7.99. The summed E-state index contributed by atoms with van der Waals surface area (Å²) in [5.74, 6) is 0.993. The Morgan fingerprint density at radius 2 is 2.08 bits per heavy atom. The van der Waals surface area contributed by atoms with Gasteiger partial charge in [-0.1, -0.05) is 20.3 Å². The topological polar surface area (TPSA) is 12.0 Å². The van der Waals surface area contributed by atoms with Crippen molar-refractivity contribution in [1.29, 1.82) is 0 Å². The quantitative estimate of drug-likeness (QED) is 0.750. The van der Waals surface area contributed by atoms with Gasteiger partial charge in [0.15, 0.2) is 0 Å². The summed E-state index contributed by atoms with van der Waals surface area (Å²) in [5.41, 5.74) is 0. The van der Waals surface area contributed by atoms with E-state index < -0.39 is 0 Å². The zero-order valence-corrected chi connectivity index (χ0v) is 9.99. The molecule has 1 fully saturated rings. The maximum atomic E-state index is 3.61. The number of hydrogen-bond donors (Lipinski definition) is 1. The molecule has 1 aliphatic carbocycles. The summed E-state index contributed by atoms with van der Waals surface area (Å²) in [6.45, 7) is 5.66. The highest BCUT2D eigenvalue weighted by Crippen LogP contribution is 2.32. The number of thioether (sulfide) groups is 1. The van der Waals surface area contributed by atoms with E-state index in [1.165, 1.54) is 25.7 Å². The summed E-state index contributed by atoms with van der Waals surface area (Å²) >= 11 is 2.05. The van der Waals surface area contributed by atoms with E-state index >= 15 is 0 Å². The minimum atomic E-state index is 0.780. The zero-order valence-electron chi connectivity index (χ0n) is 9.18. The van der Waals surface area contributed by atoms with Gasteiger partial charge in [0.2, 0.25) is 0 Å². The van der Waals surface area contributed by atoms with Gasteiger partial charge in [-0.2, -0.15) is 11.8 Å². The lowest BCUT2D eigenvalue weighted by molar-refractivity contribution is 0.298. The van der Waals surface area contributed by atoms with Crippen molar-refractivity contribution in [2.45, 2.75) is 50.8 Å². The molecule has 1 saturated carbocycles. The van der Waals surface area contributed by atoms with Gasteiger partial charge in [0.1, 0.15) is 0 Å². The second-order valence-electron chi connectivity index (χ2n) is 4.03. The smallest absolute Gasteiger partial charge is 0.0201 e. The Hall–Kier alpha value is 0.310. The number of rotatable bonds is 4. The molecule has 1 rings (SSSR count). The van der Waals surface area contributed by atoms with Crippen LogP contribution in [0.1, 0.15) is 39.5 Å². The molecule has 0 bridgehead atoms. The molecule has 3 unspecified atom stereocenters. The molecule has 0 radical (unpaired) electrons. The number of hydrogen-bond acceptors (Lipinski definition) is 2. The Bertz CT molecular complexity index is 138. The summed E-state index contributed by atoms with van der Waals surface area (Å²) < 4.78 is 0. The van der Waals surface area contributed by atoms with Gasteiger partial charge >= 0.3 is 0 Å². The molecule has 2 heteroatoms. The highest BCUT2D eigenvalue weighted by Gasteiger charge is 2.28. The van der Waals surface area contributed by atoms with Crippen molar-refractivity contribution >= 4 is 11.8 Å². The van der Waals surface area contributed by atoms with Gasteiger partial charge < -0.3 is 5.32 Å². The molecular formula is C11H23NS. The molecule has 1 N–H and O–H groups in total. The maximum Gasteiger partial charge on any atom is 0.0201 e. The van der Waals surface area contributed by atoms with E-state index in [2.05, 4.69) is 37.2 Å². The lowest BCUT2D eigenvalue weighted by atomic mass is 9.84. The van der Waals surface area contributed by atoms with Crippen LogP contribution in [0.3, 0.4) is 0 Å². The number of nitrogens with one attached hydrogen (secondary N) is 1. The monoisotopic (exact) mass is 201 g/mol. The van der Waals surface area contributed by atoms with Crippen molar-refractivity contribution in [3.8, 4) is 0 Å². The molecule has 0 heterocycles. The van der Waals surface area contributed by atoms with Crippen molar-refractivity contribution < 1.29 is 0 Å². The maximum absolute atomic E-state index is 3.61. The van der Waals surface area contributed by atoms with Gasteiger partial charge in [0, 0.05) is 11.3 Å². The predicted molar refractivity (Wildman–Crippen MR) is 62.4 cm³/mol. The van der Waals surface area contributed by atoms with E-state index in [-0.39, 0.29) is 0 Å². The molecule has 0 aliphatic heterocycles. The van der Waals surface area contributed by atoms with Gasteiger partial charge in [0.25, 0.3) is 0 Å². The van der Waals surface area contributed by atoms with Crippen molar-refractivity contribution in [2.75, 3.05) is 12.8 Å². The molecule has 78 valence electrons. The molecule has 1 nitrogen and oxygen atoms in total. The molecule has 0 aromatic carbocycles. The van der Waals surface area contributed by atoms with E-state index in [0.29, 0.717) is 0 Å². The van der Waals surface area contributed by atoms with Crippen LogP contribution in [0.4, 0.5) is 0 Å². The van der Waals surface area contributed by atoms with E-state index in [1.807, 2.05) is 0 Å². The highest BCUT2D eigenvalue weighted by atomic mass is 32.2. The Kier molecular flexibility index (Phi) is 5.18. The molecule has 0 aromatic heterocycles. The van der Waals surface area contributed by atoms with Crippen LogP contribution in [-0.4, -0.2) is 24.1 Å². The minimum Gasteiger partial charge on any atom is -0.313 e. The van der Waals surface area contributed by atoms with Gasteiger partial charge in [-0.15, -0.1) is 0 Å². The van der Waals surface area contributed by atoms with Crippen molar-refractivity contribution in [2.24, 2.45) is 5.92 Å². The fraction of sp³-hybridized carbons (Fsp3) is 1.00. The van der Waals surface area contributed by atoms with Crippen LogP contribution in [0.25, 0.3) is 0 Å². The van der Waals surface area contributed by atoms with Crippen LogP contribution in [0.15, 0.2) is 0 Å². The lowest BCUT2D eigenvalue weighted by Crippen LogP contribution is -2.42. The van der Waals surface area contributed by atoms with Crippen molar-refractivity contribution in [3.05, 3.63) is 0 Å². The third kappa shape index (κ3) is 3.17. The first kappa shape index (κ1) is 11.4. The molecule has 0 saturated heterocycles. The van der Waals surface area contributed by atoms with Crippen LogP contribution < -0.4 is 5.32 Å². The van der Waals surface area contributed by atoms with Gasteiger partial charge in [-0.3, -0.25) is 0 Å². The fourth-order valence-corrected chi connectivity index (χ4v) is 3.36. The normalized spacial score (nSPS) is 34.8. The Morgan fingerprint density at radius 1 is 1.31 bits per heavy atom. The first-order valence-electron chi connectivity index (χ1n) is 5.57. The Balaban J connectivity index is 2.40. The van der Waals surface area contributed by atoms with E-state index in [4.69, 9.17) is 0 Å². The van der Waals surface area contributed by atoms with Crippen LogP contribution in [0.5, 0.6) is 0 Å². The molecule has 13 heavy (non-hydrogen) atoms. The predicted octanol–water partition coefficient (Wildman–Crippen LogP) is 2.91. The first-order valence-corrected chi connectivity index (χ1v) is 6.86. The second kappa shape index (κ2) is 5.92. The van der Waals surface area contributed by atoms with Crippen molar-refractivity contribution in [1.82, 2.24) is 5.32 Å². The summed E-state index contributed by atoms with van der Waals surface area (Å²) in [7, 11) is 0. The molecular weight excluding hydrogens is 178 g/mol. The van der Waals surface area contributed by atoms with Crippen LogP contribution in [-0.2, 0) is 0 Å². The standard InChI is InChI=1S/C11H23NS/c1-4-9-6-7-10(12-5-2)11(8-9)13-3/h9-12H,4-8H2,1-3H3. The first-order chi connectivity index (χ1) is 6.31. The molecule has 3 atom stereocenters. The van der Waals surface area contributed by atoms with E-state index in [0.717, 1.165) is 23.8 Å². The molecule has 0 aromatic rings. The van der Waals surface area contributed by atoms with E-state index in [9.17, 15) is 0 Å². The summed E-state index contributed by atoms with van der Waals surface area (Å²) in [5, 5.41) is 4.47. The Labute approximate surface area is 87.1 Å². The van der Waals surface area contributed by atoms with Gasteiger partial charge in [-0.25, -0.2) is 0 Å². The lowest BCUT2D eigenvalue weighted by Gasteiger charge is -2.35. The second-order valence-corrected chi connectivity index (χ2v) is 5.10.